The van der Waals surface area contributed by atoms with Crippen molar-refractivity contribution in [1.29, 1.82) is 0 Å². The van der Waals surface area contributed by atoms with Gasteiger partial charge in [0.25, 0.3) is 0 Å². The van der Waals surface area contributed by atoms with Gasteiger partial charge < -0.3 is 10.4 Å². The van der Waals surface area contributed by atoms with Crippen LogP contribution in [0.25, 0.3) is 0 Å². The first-order chi connectivity index (χ1) is 10.3. The van der Waals surface area contributed by atoms with Gasteiger partial charge in [-0.25, -0.2) is 0 Å². The highest BCUT2D eigenvalue weighted by Crippen LogP contribution is 2.23. The van der Waals surface area contributed by atoms with E-state index in [1.54, 1.807) is 0 Å². The molecule has 1 unspecified atom stereocenters. The molecule has 21 heavy (non-hydrogen) atoms. The van der Waals surface area contributed by atoms with Gasteiger partial charge in [-0.3, -0.25) is 4.90 Å². The molecule has 116 valence electrons. The quantitative estimate of drug-likeness (QED) is 0.842. The lowest BCUT2D eigenvalue weighted by Gasteiger charge is -2.30. The molecule has 1 fully saturated rings. The number of fused-ring (bicyclic) bond motifs is 1. The topological polar surface area (TPSA) is 35.5 Å². The summed E-state index contributed by atoms with van der Waals surface area (Å²) in [6, 6.07) is 8.68. The van der Waals surface area contributed by atoms with Crippen LogP contribution in [0.4, 0.5) is 0 Å². The molecule has 0 amide bonds. The number of benzene rings is 1. The van der Waals surface area contributed by atoms with E-state index in [0.29, 0.717) is 0 Å². The monoisotopic (exact) mass is 288 g/mol. The Morgan fingerprint density at radius 2 is 1.95 bits per heavy atom. The Labute approximate surface area is 128 Å². The van der Waals surface area contributed by atoms with Gasteiger partial charge in [-0.1, -0.05) is 37.1 Å². The van der Waals surface area contributed by atoms with Crippen LogP contribution in [0, 0.1) is 5.92 Å². The predicted molar refractivity (Wildman–Crippen MR) is 86.3 cm³/mol. The lowest BCUT2D eigenvalue weighted by molar-refractivity contribution is 0.103. The maximum absolute atomic E-state index is 10.2. The summed E-state index contributed by atoms with van der Waals surface area (Å²) in [6.07, 6.45) is 6.37. The number of hydrogen-bond donors (Lipinski definition) is 2. The van der Waals surface area contributed by atoms with Gasteiger partial charge in [0.1, 0.15) is 0 Å². The first-order valence-corrected chi connectivity index (χ1v) is 8.49. The Morgan fingerprint density at radius 3 is 2.76 bits per heavy atom. The van der Waals surface area contributed by atoms with Crippen molar-refractivity contribution in [3.05, 3.63) is 35.4 Å². The van der Waals surface area contributed by atoms with E-state index >= 15 is 0 Å². The molecule has 1 atom stereocenters. The van der Waals surface area contributed by atoms with Crippen LogP contribution in [0.5, 0.6) is 0 Å². The number of aliphatic hydroxyl groups excluding tert-OH is 1. The molecule has 1 aliphatic carbocycles. The fourth-order valence-corrected chi connectivity index (χ4v) is 3.74. The molecule has 1 saturated carbocycles. The molecule has 3 nitrogen and oxygen atoms in total. The third-order valence-corrected chi connectivity index (χ3v) is 4.97. The molecule has 0 bridgehead atoms. The van der Waals surface area contributed by atoms with Gasteiger partial charge >= 0.3 is 0 Å². The fraction of sp³-hybridized carbons (Fsp3) is 0.667. The molecule has 0 aromatic heterocycles. The molecule has 0 spiro atoms. The molecule has 0 saturated heterocycles. The summed E-state index contributed by atoms with van der Waals surface area (Å²) in [5.74, 6) is 0.846. The van der Waals surface area contributed by atoms with Gasteiger partial charge in [0.15, 0.2) is 0 Å². The highest BCUT2D eigenvalue weighted by molar-refractivity contribution is 5.29. The van der Waals surface area contributed by atoms with Crippen LogP contribution in [0.1, 0.15) is 36.8 Å². The zero-order valence-electron chi connectivity index (χ0n) is 12.9. The van der Waals surface area contributed by atoms with E-state index < -0.39 is 0 Å². The van der Waals surface area contributed by atoms with Gasteiger partial charge in [-0.15, -0.1) is 0 Å². The Kier molecular flexibility index (Phi) is 5.28. The summed E-state index contributed by atoms with van der Waals surface area (Å²) in [5, 5.41) is 13.7. The molecule has 2 aliphatic rings. The van der Waals surface area contributed by atoms with Crippen LogP contribution < -0.4 is 5.32 Å². The molecule has 3 heteroatoms. The minimum atomic E-state index is -0.253. The second-order valence-corrected chi connectivity index (χ2v) is 6.72. The van der Waals surface area contributed by atoms with E-state index in [-0.39, 0.29) is 6.10 Å². The SMILES string of the molecule is OC(CNCC1CCCC1)CN1CCc2ccccc2C1. The van der Waals surface area contributed by atoms with E-state index in [2.05, 4.69) is 34.5 Å². The Balaban J connectivity index is 1.38. The smallest absolute Gasteiger partial charge is 0.0791 e. The summed E-state index contributed by atoms with van der Waals surface area (Å²) >= 11 is 0. The number of nitrogens with one attached hydrogen (secondary N) is 1. The standard InChI is InChI=1S/C18H28N2O/c21-18(12-19-11-15-5-1-2-6-15)14-20-10-9-16-7-3-4-8-17(16)13-20/h3-4,7-8,15,18-19,21H,1-2,5-6,9-14H2. The van der Waals surface area contributed by atoms with E-state index in [4.69, 9.17) is 0 Å². The molecule has 2 N–H and O–H groups in total. The number of nitrogens with zero attached hydrogens (tertiary/aromatic N) is 1. The van der Waals surface area contributed by atoms with Crippen molar-refractivity contribution in [3.8, 4) is 0 Å². The maximum Gasteiger partial charge on any atom is 0.0791 e. The normalized spacial score (nSPS) is 21.4. The van der Waals surface area contributed by atoms with Gasteiger partial charge in [0, 0.05) is 26.2 Å². The minimum absolute atomic E-state index is 0.253. The van der Waals surface area contributed by atoms with Gasteiger partial charge in [-0.2, -0.15) is 0 Å². The van der Waals surface area contributed by atoms with Crippen molar-refractivity contribution in [2.24, 2.45) is 5.92 Å². The van der Waals surface area contributed by atoms with Crippen LogP contribution >= 0.6 is 0 Å². The Morgan fingerprint density at radius 1 is 1.19 bits per heavy atom. The van der Waals surface area contributed by atoms with Crippen molar-refractivity contribution in [3.63, 3.8) is 0 Å². The summed E-state index contributed by atoms with van der Waals surface area (Å²) in [6.45, 7) is 4.65. The number of aliphatic hydroxyl groups is 1. The molecule has 1 aromatic carbocycles. The van der Waals surface area contributed by atoms with Crippen molar-refractivity contribution in [2.75, 3.05) is 26.2 Å². The van der Waals surface area contributed by atoms with E-state index in [9.17, 15) is 5.11 Å². The van der Waals surface area contributed by atoms with E-state index in [1.165, 1.54) is 36.8 Å². The van der Waals surface area contributed by atoms with Crippen molar-refractivity contribution in [1.82, 2.24) is 10.2 Å². The highest BCUT2D eigenvalue weighted by atomic mass is 16.3. The summed E-state index contributed by atoms with van der Waals surface area (Å²) in [7, 11) is 0. The molecule has 1 aromatic rings. The van der Waals surface area contributed by atoms with Crippen LogP contribution in [0.3, 0.4) is 0 Å². The van der Waals surface area contributed by atoms with Crippen LogP contribution in [0.15, 0.2) is 24.3 Å². The van der Waals surface area contributed by atoms with Crippen LogP contribution in [-0.4, -0.2) is 42.3 Å². The van der Waals surface area contributed by atoms with Gasteiger partial charge in [0.05, 0.1) is 6.10 Å². The van der Waals surface area contributed by atoms with Crippen molar-refractivity contribution < 1.29 is 5.11 Å². The molecule has 3 rings (SSSR count). The highest BCUT2D eigenvalue weighted by Gasteiger charge is 2.19. The Hall–Kier alpha value is -0.900. The zero-order valence-corrected chi connectivity index (χ0v) is 12.9. The molecular weight excluding hydrogens is 260 g/mol. The second kappa shape index (κ2) is 7.39. The van der Waals surface area contributed by atoms with Crippen LogP contribution in [0.2, 0.25) is 0 Å². The number of hydrogen-bond acceptors (Lipinski definition) is 3. The average Bonchev–Trinajstić information content (AvgIpc) is 3.00. The predicted octanol–water partition coefficient (Wildman–Crippen LogP) is 2.19. The largest absolute Gasteiger partial charge is 0.390 e. The molecule has 1 heterocycles. The minimum Gasteiger partial charge on any atom is -0.390 e. The number of β-amino-alcohol motifs (C(OH)–C–C–N with tert-alkyl or cyclic N) is 1. The Bertz CT molecular complexity index is 443. The van der Waals surface area contributed by atoms with E-state index in [1.807, 2.05) is 0 Å². The summed E-state index contributed by atoms with van der Waals surface area (Å²) in [4.78, 5) is 2.38. The third-order valence-electron chi connectivity index (χ3n) is 4.97. The first kappa shape index (κ1) is 15.0. The van der Waals surface area contributed by atoms with Crippen LogP contribution in [-0.2, 0) is 13.0 Å². The molecule has 1 aliphatic heterocycles. The van der Waals surface area contributed by atoms with Gasteiger partial charge in [0.2, 0.25) is 0 Å². The average molecular weight is 288 g/mol. The summed E-state index contributed by atoms with van der Waals surface area (Å²) < 4.78 is 0. The molecular formula is C18H28N2O. The lowest BCUT2D eigenvalue weighted by atomic mass is 10.00. The van der Waals surface area contributed by atoms with Crippen molar-refractivity contribution in [2.45, 2.75) is 44.8 Å². The second-order valence-electron chi connectivity index (χ2n) is 6.72. The molecule has 0 radical (unpaired) electrons. The lowest BCUT2D eigenvalue weighted by Crippen LogP contribution is -2.41. The summed E-state index contributed by atoms with van der Waals surface area (Å²) in [5.41, 5.74) is 2.90. The zero-order chi connectivity index (χ0) is 14.5. The van der Waals surface area contributed by atoms with E-state index in [0.717, 1.165) is 45.1 Å². The van der Waals surface area contributed by atoms with Gasteiger partial charge in [-0.05, 0) is 42.9 Å². The first-order valence-electron chi connectivity index (χ1n) is 8.49. The van der Waals surface area contributed by atoms with Crippen molar-refractivity contribution >= 4 is 0 Å². The maximum atomic E-state index is 10.2. The third kappa shape index (κ3) is 4.29. The number of rotatable bonds is 6. The fourth-order valence-electron chi connectivity index (χ4n) is 3.74.